The summed E-state index contributed by atoms with van der Waals surface area (Å²) in [6, 6.07) is -0.470. The molecule has 2 N–H and O–H groups in total. The number of carboxylic acids is 1. The molecule has 0 aliphatic heterocycles. The molecule has 0 spiro atoms. The molecule has 1 saturated carbocycles. The molecule has 2 rings (SSSR count). The number of halogens is 3. The van der Waals surface area contributed by atoms with Crippen LogP contribution in [-0.2, 0) is 4.79 Å². The molecule has 20 heavy (non-hydrogen) atoms. The summed E-state index contributed by atoms with van der Waals surface area (Å²) in [5.74, 6) is -6.14. The first-order valence-electron chi connectivity index (χ1n) is 6.06. The maximum absolute atomic E-state index is 13.4. The van der Waals surface area contributed by atoms with Crippen LogP contribution in [-0.4, -0.2) is 23.0 Å². The van der Waals surface area contributed by atoms with Crippen LogP contribution in [0.3, 0.4) is 0 Å². The highest BCUT2D eigenvalue weighted by atomic mass is 19.1. The van der Waals surface area contributed by atoms with Gasteiger partial charge in [0.2, 0.25) is 0 Å². The van der Waals surface area contributed by atoms with Crippen LogP contribution < -0.4 is 5.32 Å². The van der Waals surface area contributed by atoms with Gasteiger partial charge in [-0.2, -0.15) is 0 Å². The number of hydrogen-bond acceptors (Lipinski definition) is 2. The molecule has 0 radical (unpaired) electrons. The number of nitrogens with one attached hydrogen (secondary N) is 1. The number of carbonyl (C=O) groups is 2. The molecule has 1 amide bonds. The van der Waals surface area contributed by atoms with Gasteiger partial charge in [0.1, 0.15) is 29.1 Å². The van der Waals surface area contributed by atoms with Gasteiger partial charge in [-0.1, -0.05) is 12.8 Å². The number of rotatable bonds is 5. The van der Waals surface area contributed by atoms with E-state index >= 15 is 0 Å². The summed E-state index contributed by atoms with van der Waals surface area (Å²) in [5, 5.41) is 11.0. The van der Waals surface area contributed by atoms with Gasteiger partial charge in [0.15, 0.2) is 0 Å². The Balaban J connectivity index is 2.15. The zero-order valence-electron chi connectivity index (χ0n) is 10.3. The van der Waals surface area contributed by atoms with E-state index in [1.165, 1.54) is 0 Å². The summed E-state index contributed by atoms with van der Waals surface area (Å²) in [5.41, 5.74) is -0.978. The Kier molecular flexibility index (Phi) is 3.96. The van der Waals surface area contributed by atoms with Crippen LogP contribution in [0.25, 0.3) is 0 Å². The van der Waals surface area contributed by atoms with E-state index in [1.807, 2.05) is 0 Å². The molecule has 1 fully saturated rings. The van der Waals surface area contributed by atoms with E-state index < -0.39 is 40.9 Å². The number of benzene rings is 1. The van der Waals surface area contributed by atoms with Gasteiger partial charge in [-0.3, -0.25) is 4.79 Å². The Morgan fingerprint density at radius 3 is 2.25 bits per heavy atom. The average molecular weight is 287 g/mol. The molecule has 4 nitrogen and oxygen atoms in total. The fraction of sp³-hybridized carbons (Fsp3) is 0.385. The molecule has 0 saturated heterocycles. The Bertz CT molecular complexity index is 535. The van der Waals surface area contributed by atoms with E-state index in [-0.39, 0.29) is 12.3 Å². The predicted octanol–water partition coefficient (Wildman–Crippen LogP) is 2.09. The number of hydrogen-bond donors (Lipinski definition) is 2. The normalized spacial score (nSPS) is 15.8. The van der Waals surface area contributed by atoms with Crippen LogP contribution in [0.2, 0.25) is 0 Å². The van der Waals surface area contributed by atoms with Crippen molar-refractivity contribution in [3.05, 3.63) is 35.1 Å². The van der Waals surface area contributed by atoms with Crippen molar-refractivity contribution in [2.45, 2.75) is 25.3 Å². The van der Waals surface area contributed by atoms with Crippen molar-refractivity contribution in [3.63, 3.8) is 0 Å². The standard InChI is InChI=1S/C13H12F3NO3/c14-7-4-8(15)11(9(16)5-7)12(18)17-10(13(19)20)3-6-1-2-6/h4-6,10H,1-3H2,(H,17,18)(H,19,20)/t10-/m1/s1. The van der Waals surface area contributed by atoms with Gasteiger partial charge in [-0.25, -0.2) is 18.0 Å². The molecule has 1 aromatic rings. The predicted molar refractivity (Wildman–Crippen MR) is 62.5 cm³/mol. The van der Waals surface area contributed by atoms with Gasteiger partial charge < -0.3 is 10.4 Å². The molecule has 0 unspecified atom stereocenters. The Labute approximate surface area is 112 Å². The van der Waals surface area contributed by atoms with Gasteiger partial charge in [0.25, 0.3) is 5.91 Å². The minimum absolute atomic E-state index is 0.208. The average Bonchev–Trinajstić information content (AvgIpc) is 3.10. The fourth-order valence-electron chi connectivity index (χ4n) is 1.90. The van der Waals surface area contributed by atoms with Crippen LogP contribution in [0.1, 0.15) is 29.6 Å². The third-order valence-electron chi connectivity index (χ3n) is 3.10. The van der Waals surface area contributed by atoms with Crippen molar-refractivity contribution in [3.8, 4) is 0 Å². The van der Waals surface area contributed by atoms with Crippen molar-refractivity contribution < 1.29 is 27.9 Å². The second-order valence-corrected chi connectivity index (χ2v) is 4.79. The molecule has 0 bridgehead atoms. The van der Waals surface area contributed by atoms with Crippen molar-refractivity contribution in [2.24, 2.45) is 5.92 Å². The van der Waals surface area contributed by atoms with E-state index in [0.29, 0.717) is 12.1 Å². The molecule has 7 heteroatoms. The summed E-state index contributed by atoms with van der Waals surface area (Å²) in [6.07, 6.45) is 1.96. The first-order chi connectivity index (χ1) is 9.38. The summed E-state index contributed by atoms with van der Waals surface area (Å²) >= 11 is 0. The van der Waals surface area contributed by atoms with Crippen molar-refractivity contribution in [1.29, 1.82) is 0 Å². The van der Waals surface area contributed by atoms with Crippen LogP contribution in [0.15, 0.2) is 12.1 Å². The first kappa shape index (κ1) is 14.4. The van der Waals surface area contributed by atoms with E-state index in [2.05, 4.69) is 5.32 Å². The third kappa shape index (κ3) is 3.28. The topological polar surface area (TPSA) is 66.4 Å². The maximum atomic E-state index is 13.4. The van der Waals surface area contributed by atoms with Gasteiger partial charge in [-0.05, 0) is 12.3 Å². The van der Waals surface area contributed by atoms with Crippen LogP contribution >= 0.6 is 0 Å². The van der Waals surface area contributed by atoms with Crippen LogP contribution in [0.5, 0.6) is 0 Å². The lowest BCUT2D eigenvalue weighted by molar-refractivity contribution is -0.139. The Morgan fingerprint density at radius 1 is 1.25 bits per heavy atom. The van der Waals surface area contributed by atoms with Gasteiger partial charge in [0.05, 0.1) is 0 Å². The first-order valence-corrected chi connectivity index (χ1v) is 6.06. The molecular weight excluding hydrogens is 275 g/mol. The fourth-order valence-corrected chi connectivity index (χ4v) is 1.90. The SMILES string of the molecule is O=C(N[C@H](CC1CC1)C(=O)O)c1c(F)cc(F)cc1F. The largest absolute Gasteiger partial charge is 0.480 e. The Morgan fingerprint density at radius 2 is 1.80 bits per heavy atom. The zero-order valence-corrected chi connectivity index (χ0v) is 10.3. The van der Waals surface area contributed by atoms with E-state index in [0.717, 1.165) is 12.8 Å². The monoisotopic (exact) mass is 287 g/mol. The number of amides is 1. The number of carbonyl (C=O) groups excluding carboxylic acids is 1. The molecule has 1 aliphatic rings. The Hall–Kier alpha value is -2.05. The lowest BCUT2D eigenvalue weighted by atomic mass is 10.1. The highest BCUT2D eigenvalue weighted by molar-refractivity contribution is 5.97. The summed E-state index contributed by atoms with van der Waals surface area (Å²) in [7, 11) is 0. The van der Waals surface area contributed by atoms with Gasteiger partial charge in [0, 0.05) is 12.1 Å². The quantitative estimate of drug-likeness (QED) is 0.871. The number of aliphatic carboxylic acids is 1. The summed E-state index contributed by atoms with van der Waals surface area (Å²) < 4.78 is 39.5. The van der Waals surface area contributed by atoms with Crippen molar-refractivity contribution in [2.75, 3.05) is 0 Å². The molecule has 0 heterocycles. The van der Waals surface area contributed by atoms with Crippen molar-refractivity contribution >= 4 is 11.9 Å². The molecule has 108 valence electrons. The van der Waals surface area contributed by atoms with Crippen molar-refractivity contribution in [1.82, 2.24) is 5.32 Å². The number of carboxylic acid groups (broad SMARTS) is 1. The van der Waals surface area contributed by atoms with Crippen LogP contribution in [0, 0.1) is 23.4 Å². The van der Waals surface area contributed by atoms with Gasteiger partial charge >= 0.3 is 5.97 Å². The molecule has 1 atom stereocenters. The summed E-state index contributed by atoms with van der Waals surface area (Å²) in [4.78, 5) is 22.7. The minimum Gasteiger partial charge on any atom is -0.480 e. The van der Waals surface area contributed by atoms with Crippen LogP contribution in [0.4, 0.5) is 13.2 Å². The maximum Gasteiger partial charge on any atom is 0.326 e. The second kappa shape index (κ2) is 5.52. The smallest absolute Gasteiger partial charge is 0.326 e. The molecule has 0 aromatic heterocycles. The zero-order chi connectivity index (χ0) is 14.9. The third-order valence-corrected chi connectivity index (χ3v) is 3.10. The molecular formula is C13H12F3NO3. The summed E-state index contributed by atoms with van der Waals surface area (Å²) in [6.45, 7) is 0. The van der Waals surface area contributed by atoms with E-state index in [9.17, 15) is 22.8 Å². The van der Waals surface area contributed by atoms with E-state index in [4.69, 9.17) is 5.11 Å². The van der Waals surface area contributed by atoms with Gasteiger partial charge in [-0.15, -0.1) is 0 Å². The highest BCUT2D eigenvalue weighted by Gasteiger charge is 2.31. The molecule has 1 aliphatic carbocycles. The second-order valence-electron chi connectivity index (χ2n) is 4.79. The van der Waals surface area contributed by atoms with E-state index in [1.54, 1.807) is 0 Å². The lowest BCUT2D eigenvalue weighted by Crippen LogP contribution is -2.41. The molecule has 1 aromatic carbocycles. The highest BCUT2D eigenvalue weighted by Crippen LogP contribution is 2.33. The lowest BCUT2D eigenvalue weighted by Gasteiger charge is -2.14. The minimum atomic E-state index is -1.37.